The molecular formula is C12H22N4O. The van der Waals surface area contributed by atoms with Crippen molar-refractivity contribution in [2.75, 3.05) is 6.54 Å². The lowest BCUT2D eigenvalue weighted by atomic mass is 10.2. The zero-order valence-electron chi connectivity index (χ0n) is 11.1. The van der Waals surface area contributed by atoms with Gasteiger partial charge in [0.2, 0.25) is 0 Å². The van der Waals surface area contributed by atoms with Crippen LogP contribution in [0.15, 0.2) is 6.33 Å². The number of carbonyl (C=O) groups is 1. The number of rotatable bonds is 7. The van der Waals surface area contributed by atoms with Gasteiger partial charge in [-0.2, -0.15) is 5.10 Å². The zero-order chi connectivity index (χ0) is 12.8. The molecule has 0 bridgehead atoms. The smallest absolute Gasteiger partial charge is 0.154 e. The van der Waals surface area contributed by atoms with E-state index in [9.17, 15) is 4.79 Å². The summed E-state index contributed by atoms with van der Waals surface area (Å²) in [7, 11) is 0. The van der Waals surface area contributed by atoms with E-state index in [1.807, 2.05) is 13.8 Å². The van der Waals surface area contributed by atoms with Crippen LogP contribution >= 0.6 is 0 Å². The predicted octanol–water partition coefficient (Wildman–Crippen LogP) is 1.36. The van der Waals surface area contributed by atoms with Crippen molar-refractivity contribution in [1.82, 2.24) is 20.1 Å². The summed E-state index contributed by atoms with van der Waals surface area (Å²) >= 11 is 0. The SMILES string of the molecule is CCC(C)NCC(=O)Cc1ncnn1C(C)C. The van der Waals surface area contributed by atoms with E-state index in [1.165, 1.54) is 6.33 Å². The molecule has 0 saturated heterocycles. The number of nitrogens with one attached hydrogen (secondary N) is 1. The van der Waals surface area contributed by atoms with Gasteiger partial charge in [0.25, 0.3) is 0 Å². The Bertz CT molecular complexity index is 359. The van der Waals surface area contributed by atoms with E-state index in [2.05, 4.69) is 29.2 Å². The highest BCUT2D eigenvalue weighted by molar-refractivity contribution is 5.82. The van der Waals surface area contributed by atoms with Gasteiger partial charge < -0.3 is 5.32 Å². The van der Waals surface area contributed by atoms with Crippen LogP contribution in [0.5, 0.6) is 0 Å². The second kappa shape index (κ2) is 6.49. The summed E-state index contributed by atoms with van der Waals surface area (Å²) in [5, 5.41) is 7.30. The predicted molar refractivity (Wildman–Crippen MR) is 66.9 cm³/mol. The highest BCUT2D eigenvalue weighted by Crippen LogP contribution is 2.05. The molecule has 96 valence electrons. The molecular weight excluding hydrogens is 216 g/mol. The highest BCUT2D eigenvalue weighted by atomic mass is 16.1. The molecule has 1 atom stereocenters. The number of nitrogens with zero attached hydrogens (tertiary/aromatic N) is 3. The van der Waals surface area contributed by atoms with Gasteiger partial charge in [-0.05, 0) is 27.2 Å². The molecule has 0 spiro atoms. The first-order valence-electron chi connectivity index (χ1n) is 6.18. The highest BCUT2D eigenvalue weighted by Gasteiger charge is 2.12. The van der Waals surface area contributed by atoms with Crippen molar-refractivity contribution in [2.45, 2.75) is 52.6 Å². The maximum Gasteiger partial charge on any atom is 0.154 e. The van der Waals surface area contributed by atoms with Gasteiger partial charge in [-0.3, -0.25) is 4.79 Å². The van der Waals surface area contributed by atoms with Crippen molar-refractivity contribution in [3.8, 4) is 0 Å². The van der Waals surface area contributed by atoms with E-state index in [-0.39, 0.29) is 11.8 Å². The lowest BCUT2D eigenvalue weighted by Gasteiger charge is -2.11. The second-order valence-electron chi connectivity index (χ2n) is 4.62. The van der Waals surface area contributed by atoms with E-state index in [0.29, 0.717) is 19.0 Å². The van der Waals surface area contributed by atoms with Crippen LogP contribution in [0.25, 0.3) is 0 Å². The molecule has 0 aliphatic heterocycles. The van der Waals surface area contributed by atoms with Crippen LogP contribution in [0, 0.1) is 0 Å². The molecule has 1 aromatic rings. The Morgan fingerprint density at radius 2 is 2.18 bits per heavy atom. The summed E-state index contributed by atoms with van der Waals surface area (Å²) in [6.45, 7) is 8.63. The minimum atomic E-state index is 0.153. The van der Waals surface area contributed by atoms with E-state index in [1.54, 1.807) is 4.68 Å². The van der Waals surface area contributed by atoms with E-state index in [0.717, 1.165) is 12.2 Å². The number of hydrogen-bond donors (Lipinski definition) is 1. The fraction of sp³-hybridized carbons (Fsp3) is 0.750. The molecule has 1 N–H and O–H groups in total. The van der Waals surface area contributed by atoms with E-state index >= 15 is 0 Å². The fourth-order valence-corrected chi connectivity index (χ4v) is 1.50. The summed E-state index contributed by atoms with van der Waals surface area (Å²) in [5.41, 5.74) is 0. The summed E-state index contributed by atoms with van der Waals surface area (Å²) in [6.07, 6.45) is 2.88. The van der Waals surface area contributed by atoms with Crippen LogP contribution in [0.1, 0.15) is 46.0 Å². The number of ketones is 1. The molecule has 0 aliphatic rings. The molecule has 1 aromatic heterocycles. The van der Waals surface area contributed by atoms with Crippen LogP contribution in [-0.4, -0.2) is 33.1 Å². The first-order valence-corrected chi connectivity index (χ1v) is 6.18. The lowest BCUT2D eigenvalue weighted by Crippen LogP contribution is -2.32. The second-order valence-corrected chi connectivity index (χ2v) is 4.62. The van der Waals surface area contributed by atoms with Gasteiger partial charge in [0.1, 0.15) is 12.2 Å². The Labute approximate surface area is 103 Å². The number of aromatic nitrogens is 3. The molecule has 5 nitrogen and oxygen atoms in total. The normalized spacial score (nSPS) is 13.0. The Hall–Kier alpha value is -1.23. The van der Waals surface area contributed by atoms with Crippen LogP contribution in [0.3, 0.4) is 0 Å². The Morgan fingerprint density at radius 3 is 2.76 bits per heavy atom. The monoisotopic (exact) mass is 238 g/mol. The van der Waals surface area contributed by atoms with Crippen LogP contribution < -0.4 is 5.32 Å². The molecule has 1 rings (SSSR count). The molecule has 0 fully saturated rings. The van der Waals surface area contributed by atoms with Crippen molar-refractivity contribution >= 4 is 5.78 Å². The van der Waals surface area contributed by atoms with Gasteiger partial charge >= 0.3 is 0 Å². The van der Waals surface area contributed by atoms with Crippen molar-refractivity contribution in [3.63, 3.8) is 0 Å². The van der Waals surface area contributed by atoms with Gasteiger partial charge in [0, 0.05) is 12.1 Å². The van der Waals surface area contributed by atoms with Crippen molar-refractivity contribution in [1.29, 1.82) is 0 Å². The van der Waals surface area contributed by atoms with Crippen LogP contribution in [-0.2, 0) is 11.2 Å². The molecule has 0 saturated carbocycles. The molecule has 0 aromatic carbocycles. The number of hydrogen-bond acceptors (Lipinski definition) is 4. The summed E-state index contributed by atoms with van der Waals surface area (Å²) in [4.78, 5) is 15.9. The third-order valence-corrected chi connectivity index (χ3v) is 2.75. The van der Waals surface area contributed by atoms with E-state index in [4.69, 9.17) is 0 Å². The molecule has 1 heterocycles. The van der Waals surface area contributed by atoms with Crippen LogP contribution in [0.4, 0.5) is 0 Å². The Morgan fingerprint density at radius 1 is 1.47 bits per heavy atom. The zero-order valence-corrected chi connectivity index (χ0v) is 11.1. The van der Waals surface area contributed by atoms with Gasteiger partial charge in [0.15, 0.2) is 5.78 Å². The van der Waals surface area contributed by atoms with Crippen LogP contribution in [0.2, 0.25) is 0 Å². The Kier molecular flexibility index (Phi) is 5.28. The molecule has 1 unspecified atom stereocenters. The molecule has 17 heavy (non-hydrogen) atoms. The Balaban J connectivity index is 2.48. The average Bonchev–Trinajstić information content (AvgIpc) is 2.74. The van der Waals surface area contributed by atoms with Gasteiger partial charge in [-0.1, -0.05) is 6.92 Å². The van der Waals surface area contributed by atoms with Gasteiger partial charge in [0.05, 0.1) is 13.0 Å². The molecule has 0 amide bonds. The summed E-state index contributed by atoms with van der Waals surface area (Å²) < 4.78 is 1.79. The molecule has 0 aliphatic carbocycles. The first-order chi connectivity index (χ1) is 8.04. The van der Waals surface area contributed by atoms with E-state index < -0.39 is 0 Å². The minimum absolute atomic E-state index is 0.153. The quantitative estimate of drug-likeness (QED) is 0.779. The number of Topliss-reactive ketones (excluding diaryl/α,β-unsaturated/α-hetero) is 1. The maximum atomic E-state index is 11.8. The third-order valence-electron chi connectivity index (χ3n) is 2.75. The first kappa shape index (κ1) is 13.8. The fourth-order valence-electron chi connectivity index (χ4n) is 1.50. The van der Waals surface area contributed by atoms with Gasteiger partial charge in [-0.25, -0.2) is 9.67 Å². The molecule has 5 heteroatoms. The largest absolute Gasteiger partial charge is 0.307 e. The third kappa shape index (κ3) is 4.26. The average molecular weight is 238 g/mol. The van der Waals surface area contributed by atoms with Gasteiger partial charge in [-0.15, -0.1) is 0 Å². The lowest BCUT2D eigenvalue weighted by molar-refractivity contribution is -0.117. The summed E-state index contributed by atoms with van der Waals surface area (Å²) in [6, 6.07) is 0.616. The maximum absolute atomic E-state index is 11.8. The standard InChI is InChI=1S/C12H22N4O/c1-5-10(4)13-7-11(17)6-12-14-8-15-16(12)9(2)3/h8-10,13H,5-7H2,1-4H3. The minimum Gasteiger partial charge on any atom is -0.307 e. The number of carbonyl (C=O) groups excluding carboxylic acids is 1. The van der Waals surface area contributed by atoms with Crippen molar-refractivity contribution in [2.24, 2.45) is 0 Å². The van der Waals surface area contributed by atoms with Crippen molar-refractivity contribution < 1.29 is 4.79 Å². The topological polar surface area (TPSA) is 59.8 Å². The summed E-state index contributed by atoms with van der Waals surface area (Å²) in [5.74, 6) is 0.899. The van der Waals surface area contributed by atoms with Crippen molar-refractivity contribution in [3.05, 3.63) is 12.2 Å². The molecule has 0 radical (unpaired) electrons.